The molecule has 194 valence electrons. The minimum atomic E-state index is -4.18. The SMILES string of the molecule is CC(C)OC(=O)[C@@H](C)NP(=O)(OC[C@H]1O[C@@H](n2cnc3cncnc32)[C@@H](O)[C@@H]1O)Oc1ccccc1. The van der Waals surface area contributed by atoms with Crippen LogP contribution in [0, 0.1) is 0 Å². The third-order valence-electron chi connectivity index (χ3n) is 5.28. The number of aliphatic hydroxyl groups excluding tert-OH is 2. The number of carbonyl (C=O) groups excluding carboxylic acids is 1. The Morgan fingerprint density at radius 2 is 1.94 bits per heavy atom. The number of ether oxygens (including phenoxy) is 2. The Labute approximate surface area is 207 Å². The Kier molecular flexibility index (Phi) is 7.98. The zero-order valence-electron chi connectivity index (χ0n) is 19.9. The van der Waals surface area contributed by atoms with Crippen molar-refractivity contribution in [3.05, 3.63) is 49.2 Å². The fraction of sp³-hybridized carbons (Fsp3) is 0.455. The van der Waals surface area contributed by atoms with Crippen molar-refractivity contribution in [2.75, 3.05) is 6.61 Å². The topological polar surface area (TPSA) is 167 Å². The van der Waals surface area contributed by atoms with Crippen LogP contribution in [-0.4, -0.2) is 72.8 Å². The second-order valence-corrected chi connectivity index (χ2v) is 10.2. The zero-order chi connectivity index (χ0) is 25.9. The summed E-state index contributed by atoms with van der Waals surface area (Å²) in [6.07, 6.45) is -0.986. The molecule has 6 atom stereocenters. The highest BCUT2D eigenvalue weighted by Crippen LogP contribution is 2.46. The number of carbonyl (C=O) groups is 1. The van der Waals surface area contributed by atoms with Gasteiger partial charge in [-0.15, -0.1) is 0 Å². The van der Waals surface area contributed by atoms with Gasteiger partial charge in [0, 0.05) is 0 Å². The molecule has 0 spiro atoms. The van der Waals surface area contributed by atoms with Crippen molar-refractivity contribution < 1.29 is 38.1 Å². The molecule has 0 bridgehead atoms. The largest absolute Gasteiger partial charge is 0.462 e. The van der Waals surface area contributed by atoms with Gasteiger partial charge in [-0.3, -0.25) is 13.9 Å². The number of nitrogens with one attached hydrogen (secondary N) is 1. The molecule has 1 fully saturated rings. The van der Waals surface area contributed by atoms with Crippen LogP contribution in [0.5, 0.6) is 5.75 Å². The van der Waals surface area contributed by atoms with Gasteiger partial charge in [-0.1, -0.05) is 18.2 Å². The number of aliphatic hydroxyl groups is 2. The quantitative estimate of drug-likeness (QED) is 0.261. The van der Waals surface area contributed by atoms with Crippen LogP contribution in [0.4, 0.5) is 0 Å². The number of imidazole rings is 1. The zero-order valence-corrected chi connectivity index (χ0v) is 20.8. The summed E-state index contributed by atoms with van der Waals surface area (Å²) in [5.74, 6) is -0.416. The van der Waals surface area contributed by atoms with E-state index in [9.17, 15) is 19.6 Å². The Morgan fingerprint density at radius 3 is 2.67 bits per heavy atom. The van der Waals surface area contributed by atoms with Crippen LogP contribution in [0.25, 0.3) is 11.2 Å². The fourth-order valence-electron chi connectivity index (χ4n) is 3.57. The first kappa shape index (κ1) is 26.1. The maximum Gasteiger partial charge on any atom is 0.459 e. The van der Waals surface area contributed by atoms with Gasteiger partial charge in [-0.2, -0.15) is 5.09 Å². The minimum absolute atomic E-state index is 0.230. The number of hydrogen-bond donors (Lipinski definition) is 3. The Morgan fingerprint density at radius 1 is 1.19 bits per heavy atom. The molecule has 0 aliphatic carbocycles. The van der Waals surface area contributed by atoms with E-state index in [0.29, 0.717) is 11.2 Å². The maximum absolute atomic E-state index is 13.6. The fourth-order valence-corrected chi connectivity index (χ4v) is 5.08. The highest BCUT2D eigenvalue weighted by molar-refractivity contribution is 7.52. The number of hydrogen-bond acceptors (Lipinski definition) is 11. The molecule has 3 N–H and O–H groups in total. The average Bonchev–Trinajstić information content (AvgIpc) is 3.39. The third kappa shape index (κ3) is 5.89. The van der Waals surface area contributed by atoms with Crippen LogP contribution >= 0.6 is 7.75 Å². The van der Waals surface area contributed by atoms with E-state index >= 15 is 0 Å². The molecular weight excluding hydrogens is 493 g/mol. The van der Waals surface area contributed by atoms with Gasteiger partial charge in [0.25, 0.3) is 0 Å². The molecule has 13 nitrogen and oxygen atoms in total. The van der Waals surface area contributed by atoms with E-state index in [-0.39, 0.29) is 11.9 Å². The van der Waals surface area contributed by atoms with Gasteiger partial charge in [0.2, 0.25) is 0 Å². The predicted octanol–water partition coefficient (Wildman–Crippen LogP) is 1.58. The van der Waals surface area contributed by atoms with Crippen LogP contribution in [0.2, 0.25) is 0 Å². The van der Waals surface area contributed by atoms with Crippen molar-refractivity contribution in [3.63, 3.8) is 0 Å². The van der Waals surface area contributed by atoms with Crippen molar-refractivity contribution in [1.82, 2.24) is 24.6 Å². The summed E-state index contributed by atoms with van der Waals surface area (Å²) in [7, 11) is -4.18. The summed E-state index contributed by atoms with van der Waals surface area (Å²) in [5, 5.41) is 23.8. The van der Waals surface area contributed by atoms with Gasteiger partial charge < -0.3 is 24.2 Å². The number of nitrogens with zero attached hydrogens (tertiary/aromatic N) is 4. The van der Waals surface area contributed by atoms with Gasteiger partial charge in [-0.25, -0.2) is 19.5 Å². The summed E-state index contributed by atoms with van der Waals surface area (Å²) in [6, 6.07) is 7.22. The van der Waals surface area contributed by atoms with Crippen LogP contribution in [0.1, 0.15) is 27.0 Å². The molecule has 0 radical (unpaired) electrons. The monoisotopic (exact) mass is 521 g/mol. The molecule has 1 aliphatic heterocycles. The summed E-state index contributed by atoms with van der Waals surface area (Å²) in [6.45, 7) is 4.41. The Hall–Kier alpha value is -2.93. The van der Waals surface area contributed by atoms with Crippen LogP contribution in [0.3, 0.4) is 0 Å². The number of rotatable bonds is 10. The number of aromatic nitrogens is 4. The second-order valence-electron chi connectivity index (χ2n) is 8.46. The second kappa shape index (κ2) is 11.0. The number of fused-ring (bicyclic) bond motifs is 1. The molecule has 2 aromatic heterocycles. The van der Waals surface area contributed by atoms with Gasteiger partial charge in [0.15, 0.2) is 11.9 Å². The molecule has 3 aromatic rings. The van der Waals surface area contributed by atoms with E-state index in [2.05, 4.69) is 20.0 Å². The minimum Gasteiger partial charge on any atom is -0.462 e. The lowest BCUT2D eigenvalue weighted by Gasteiger charge is -2.25. The first-order chi connectivity index (χ1) is 17.2. The first-order valence-electron chi connectivity index (χ1n) is 11.3. The van der Waals surface area contributed by atoms with Gasteiger partial charge in [0.1, 0.15) is 41.9 Å². The summed E-state index contributed by atoms with van der Waals surface area (Å²) >= 11 is 0. The van der Waals surface area contributed by atoms with E-state index < -0.39 is 50.9 Å². The van der Waals surface area contributed by atoms with Crippen LogP contribution in [-0.2, 0) is 23.4 Å². The van der Waals surface area contributed by atoms with Crippen molar-refractivity contribution in [3.8, 4) is 5.75 Å². The molecule has 36 heavy (non-hydrogen) atoms. The summed E-state index contributed by atoms with van der Waals surface area (Å²) in [4.78, 5) is 24.5. The molecule has 1 aliphatic rings. The molecule has 1 aromatic carbocycles. The highest BCUT2D eigenvalue weighted by atomic mass is 31.2. The smallest absolute Gasteiger partial charge is 0.459 e. The van der Waals surface area contributed by atoms with Crippen molar-refractivity contribution in [2.45, 2.75) is 57.5 Å². The van der Waals surface area contributed by atoms with Crippen molar-refractivity contribution in [1.29, 1.82) is 0 Å². The first-order valence-corrected chi connectivity index (χ1v) is 12.8. The lowest BCUT2D eigenvalue weighted by atomic mass is 10.1. The lowest BCUT2D eigenvalue weighted by Crippen LogP contribution is -2.38. The molecule has 4 rings (SSSR count). The average molecular weight is 521 g/mol. The maximum atomic E-state index is 13.6. The molecule has 0 amide bonds. The van der Waals surface area contributed by atoms with Crippen LogP contribution < -0.4 is 9.61 Å². The summed E-state index contributed by atoms with van der Waals surface area (Å²) < 4.78 is 37.2. The third-order valence-corrected chi connectivity index (χ3v) is 6.93. The molecule has 1 saturated heterocycles. The summed E-state index contributed by atoms with van der Waals surface area (Å²) in [5.41, 5.74) is 0.884. The van der Waals surface area contributed by atoms with E-state index in [4.69, 9.17) is 18.5 Å². The van der Waals surface area contributed by atoms with Gasteiger partial charge >= 0.3 is 13.7 Å². The van der Waals surface area contributed by atoms with E-state index in [1.54, 1.807) is 44.2 Å². The van der Waals surface area contributed by atoms with Gasteiger partial charge in [0.05, 0.1) is 25.2 Å². The van der Waals surface area contributed by atoms with E-state index in [0.717, 1.165) is 0 Å². The van der Waals surface area contributed by atoms with Crippen molar-refractivity contribution in [2.24, 2.45) is 0 Å². The highest BCUT2D eigenvalue weighted by Gasteiger charge is 2.46. The molecule has 3 heterocycles. The number of benzene rings is 1. The van der Waals surface area contributed by atoms with E-state index in [1.165, 1.54) is 30.3 Å². The number of para-hydroxylation sites is 1. The van der Waals surface area contributed by atoms with E-state index in [1.807, 2.05) is 0 Å². The normalized spacial score (nSPS) is 24.5. The Bertz CT molecular complexity index is 1230. The molecule has 0 saturated carbocycles. The van der Waals surface area contributed by atoms with Crippen molar-refractivity contribution >= 4 is 24.9 Å². The lowest BCUT2D eigenvalue weighted by molar-refractivity contribution is -0.149. The Balaban J connectivity index is 1.49. The molecule has 1 unspecified atom stereocenters. The molecule has 14 heteroatoms. The van der Waals surface area contributed by atoms with Gasteiger partial charge in [-0.05, 0) is 32.9 Å². The van der Waals surface area contributed by atoms with Crippen LogP contribution in [0.15, 0.2) is 49.2 Å². The molecular formula is C22H28N5O8P. The number of esters is 1. The predicted molar refractivity (Wildman–Crippen MR) is 126 cm³/mol. The standard InChI is InChI=1S/C22H28N5O8P/c1-13(2)33-22(30)14(3)26-36(31,35-15-7-5-4-6-8-15)32-10-17-18(28)19(29)21(34-17)27-12-25-16-9-23-11-24-20(16)27/h4-9,11-14,17-19,21,28-29H,10H2,1-3H3,(H,26,31)/t14-,17-,18-,19+,21-,36?/m1/s1.